The number of carbonyl (C=O) groups excluding carboxylic acids is 4. The Hall–Kier alpha value is -3.65. The van der Waals surface area contributed by atoms with Crippen molar-refractivity contribution in [3.05, 3.63) is 70.4 Å². The Morgan fingerprint density at radius 3 is 1.81 bits per heavy atom. The number of anilines is 2. The van der Waals surface area contributed by atoms with Gasteiger partial charge >= 0.3 is 11.9 Å². The average molecular weight is 443 g/mol. The van der Waals surface area contributed by atoms with Crippen molar-refractivity contribution in [2.75, 3.05) is 23.4 Å². The molecule has 0 aliphatic carbocycles. The maximum atomic E-state index is 12.8. The minimum Gasteiger partial charge on any atom is -0.462 e. The molecule has 0 spiro atoms. The van der Waals surface area contributed by atoms with E-state index in [1.54, 1.807) is 26.0 Å². The van der Waals surface area contributed by atoms with Crippen LogP contribution in [0.4, 0.5) is 11.4 Å². The molecular weight excluding hydrogens is 424 g/mol. The number of nitrogens with zero attached hydrogens (tertiary/aromatic N) is 1. The number of nitrogens with one attached hydrogen (secondary N) is 1. The Kier molecular flexibility index (Phi) is 6.71. The maximum Gasteiger partial charge on any atom is 0.338 e. The number of amides is 2. The summed E-state index contributed by atoms with van der Waals surface area (Å²) in [4.78, 5) is 49.9. The summed E-state index contributed by atoms with van der Waals surface area (Å²) in [6, 6.07) is 12.0. The van der Waals surface area contributed by atoms with Gasteiger partial charge in [-0.2, -0.15) is 0 Å². The molecule has 0 saturated heterocycles. The number of ether oxygens (including phenoxy) is 2. The van der Waals surface area contributed by atoms with E-state index in [-0.39, 0.29) is 29.6 Å². The lowest BCUT2D eigenvalue weighted by atomic mass is 10.2. The summed E-state index contributed by atoms with van der Waals surface area (Å²) >= 11 is 6.12. The van der Waals surface area contributed by atoms with Gasteiger partial charge in [0.1, 0.15) is 10.7 Å². The zero-order valence-corrected chi connectivity index (χ0v) is 17.6. The molecule has 1 aliphatic rings. The molecule has 9 heteroatoms. The van der Waals surface area contributed by atoms with Crippen LogP contribution in [0.5, 0.6) is 0 Å². The van der Waals surface area contributed by atoms with Crippen molar-refractivity contribution in [3.8, 4) is 0 Å². The van der Waals surface area contributed by atoms with Crippen molar-refractivity contribution in [3.63, 3.8) is 0 Å². The van der Waals surface area contributed by atoms with Crippen LogP contribution >= 0.6 is 11.6 Å². The number of halogens is 1. The molecule has 1 aliphatic heterocycles. The second kappa shape index (κ2) is 9.44. The summed E-state index contributed by atoms with van der Waals surface area (Å²) in [5.74, 6) is -2.30. The molecule has 2 aromatic rings. The highest BCUT2D eigenvalue weighted by molar-refractivity contribution is 6.53. The van der Waals surface area contributed by atoms with Crippen molar-refractivity contribution in [2.24, 2.45) is 0 Å². The Morgan fingerprint density at radius 1 is 0.839 bits per heavy atom. The highest BCUT2D eigenvalue weighted by Crippen LogP contribution is 2.30. The third-order valence-corrected chi connectivity index (χ3v) is 4.68. The van der Waals surface area contributed by atoms with Gasteiger partial charge in [-0.15, -0.1) is 0 Å². The van der Waals surface area contributed by atoms with Gasteiger partial charge in [-0.3, -0.25) is 9.59 Å². The highest BCUT2D eigenvalue weighted by atomic mass is 35.5. The third kappa shape index (κ3) is 4.59. The molecule has 0 unspecified atom stereocenters. The molecule has 31 heavy (non-hydrogen) atoms. The van der Waals surface area contributed by atoms with E-state index in [1.165, 1.54) is 36.4 Å². The SMILES string of the molecule is CCOC(=O)c1ccc(NC2=C(Cl)C(=O)N(c3ccc(C(=O)OCC)cc3)C2=O)cc1. The van der Waals surface area contributed by atoms with E-state index in [4.69, 9.17) is 21.1 Å². The third-order valence-electron chi connectivity index (χ3n) is 4.33. The fraction of sp³-hybridized carbons (Fsp3) is 0.182. The van der Waals surface area contributed by atoms with E-state index in [9.17, 15) is 19.2 Å². The van der Waals surface area contributed by atoms with Crippen LogP contribution in [-0.2, 0) is 19.1 Å². The smallest absolute Gasteiger partial charge is 0.338 e. The summed E-state index contributed by atoms with van der Waals surface area (Å²) < 4.78 is 9.84. The molecular formula is C22H19ClN2O6. The van der Waals surface area contributed by atoms with Gasteiger partial charge in [0.05, 0.1) is 30.0 Å². The van der Waals surface area contributed by atoms with Crippen LogP contribution in [0.1, 0.15) is 34.6 Å². The Bertz CT molecular complexity index is 1060. The predicted molar refractivity (Wildman–Crippen MR) is 114 cm³/mol. The van der Waals surface area contributed by atoms with Crippen LogP contribution in [0, 0.1) is 0 Å². The summed E-state index contributed by atoms with van der Waals surface area (Å²) in [7, 11) is 0. The molecule has 0 atom stereocenters. The number of carbonyl (C=O) groups is 4. The predicted octanol–water partition coefficient (Wildman–Crippen LogP) is 3.48. The van der Waals surface area contributed by atoms with Gasteiger partial charge in [0.25, 0.3) is 11.8 Å². The number of hydrogen-bond acceptors (Lipinski definition) is 7. The molecule has 0 radical (unpaired) electrons. The number of benzene rings is 2. The van der Waals surface area contributed by atoms with Crippen molar-refractivity contribution in [2.45, 2.75) is 13.8 Å². The quantitative estimate of drug-likeness (QED) is 0.517. The number of hydrogen-bond donors (Lipinski definition) is 1. The summed E-state index contributed by atoms with van der Waals surface area (Å²) in [5.41, 5.74) is 1.27. The maximum absolute atomic E-state index is 12.8. The first kappa shape index (κ1) is 22.0. The van der Waals surface area contributed by atoms with Gasteiger partial charge < -0.3 is 14.8 Å². The largest absolute Gasteiger partial charge is 0.462 e. The van der Waals surface area contributed by atoms with Gasteiger partial charge in [0.2, 0.25) is 0 Å². The van der Waals surface area contributed by atoms with Crippen LogP contribution in [0.15, 0.2) is 59.3 Å². The zero-order valence-electron chi connectivity index (χ0n) is 16.8. The van der Waals surface area contributed by atoms with E-state index in [2.05, 4.69) is 5.32 Å². The fourth-order valence-corrected chi connectivity index (χ4v) is 3.07. The topological polar surface area (TPSA) is 102 Å². The molecule has 0 aromatic heterocycles. The van der Waals surface area contributed by atoms with E-state index in [0.29, 0.717) is 16.8 Å². The second-order valence-corrected chi connectivity index (χ2v) is 6.70. The van der Waals surface area contributed by atoms with Crippen molar-refractivity contribution in [1.82, 2.24) is 0 Å². The van der Waals surface area contributed by atoms with Gasteiger partial charge in [-0.25, -0.2) is 14.5 Å². The molecule has 0 fully saturated rings. The van der Waals surface area contributed by atoms with Gasteiger partial charge in [0.15, 0.2) is 0 Å². The summed E-state index contributed by atoms with van der Waals surface area (Å²) in [5, 5.41) is 2.55. The molecule has 2 amide bonds. The lowest BCUT2D eigenvalue weighted by Gasteiger charge is -2.15. The van der Waals surface area contributed by atoms with E-state index in [1.807, 2.05) is 0 Å². The van der Waals surface area contributed by atoms with Crippen molar-refractivity contribution in [1.29, 1.82) is 0 Å². The molecule has 160 valence electrons. The van der Waals surface area contributed by atoms with Crippen LogP contribution < -0.4 is 10.2 Å². The van der Waals surface area contributed by atoms with E-state index >= 15 is 0 Å². The zero-order chi connectivity index (χ0) is 22.5. The average Bonchev–Trinajstić information content (AvgIpc) is 2.98. The number of imide groups is 1. The van der Waals surface area contributed by atoms with E-state index < -0.39 is 23.8 Å². The number of rotatable bonds is 7. The molecule has 2 aromatic carbocycles. The fourth-order valence-electron chi connectivity index (χ4n) is 2.86. The first-order valence-corrected chi connectivity index (χ1v) is 9.85. The van der Waals surface area contributed by atoms with Gasteiger partial charge in [-0.1, -0.05) is 11.6 Å². The summed E-state index contributed by atoms with van der Waals surface area (Å²) in [6.07, 6.45) is 0. The molecule has 8 nitrogen and oxygen atoms in total. The van der Waals surface area contributed by atoms with Crippen LogP contribution in [0.25, 0.3) is 0 Å². The van der Waals surface area contributed by atoms with Gasteiger partial charge in [0, 0.05) is 5.69 Å². The van der Waals surface area contributed by atoms with Gasteiger partial charge in [-0.05, 0) is 62.4 Å². The first-order valence-electron chi connectivity index (χ1n) is 9.47. The second-order valence-electron chi connectivity index (χ2n) is 6.32. The molecule has 1 heterocycles. The standard InChI is InChI=1S/C22H19ClN2O6/c1-3-30-21(28)13-5-9-15(10-6-13)24-18-17(23)19(26)25(20(18)27)16-11-7-14(8-12-16)22(29)31-4-2/h5-12,24H,3-4H2,1-2H3. The minimum absolute atomic E-state index is 0.0926. The molecule has 3 rings (SSSR count). The van der Waals surface area contributed by atoms with Crippen LogP contribution in [-0.4, -0.2) is 37.0 Å². The molecule has 1 N–H and O–H groups in total. The Labute approximate surface area is 183 Å². The highest BCUT2D eigenvalue weighted by Gasteiger charge is 2.39. The monoisotopic (exact) mass is 442 g/mol. The minimum atomic E-state index is -0.693. The van der Waals surface area contributed by atoms with Crippen molar-refractivity contribution < 1.29 is 28.7 Å². The first-order chi connectivity index (χ1) is 14.9. The lowest BCUT2D eigenvalue weighted by molar-refractivity contribution is -0.120. The lowest BCUT2D eigenvalue weighted by Crippen LogP contribution is -2.32. The van der Waals surface area contributed by atoms with Crippen LogP contribution in [0.3, 0.4) is 0 Å². The van der Waals surface area contributed by atoms with E-state index in [0.717, 1.165) is 4.90 Å². The molecule has 0 saturated carbocycles. The van der Waals surface area contributed by atoms with Crippen molar-refractivity contribution >= 4 is 46.7 Å². The molecule has 0 bridgehead atoms. The summed E-state index contributed by atoms with van der Waals surface area (Å²) in [6.45, 7) is 3.90. The number of esters is 2. The van der Waals surface area contributed by atoms with Crippen LogP contribution in [0.2, 0.25) is 0 Å². The Balaban J connectivity index is 1.77. The normalized spacial score (nSPS) is 13.5. The Morgan fingerprint density at radius 2 is 1.32 bits per heavy atom.